The fourth-order valence-electron chi connectivity index (χ4n) is 2.16. The van der Waals surface area contributed by atoms with E-state index >= 15 is 0 Å². The second-order valence-corrected chi connectivity index (χ2v) is 5.08. The smallest absolute Gasteiger partial charge is 0.359 e. The Kier molecular flexibility index (Phi) is 4.65. The average molecular weight is 277 g/mol. The maximum atomic E-state index is 11.9. The van der Waals surface area contributed by atoms with Crippen molar-refractivity contribution >= 4 is 11.9 Å². The van der Waals surface area contributed by atoms with Crippen LogP contribution < -0.4 is 5.32 Å². The zero-order valence-electron chi connectivity index (χ0n) is 11.8. The molecule has 0 aliphatic heterocycles. The fraction of sp³-hybridized carbons (Fsp3) is 0.571. The van der Waals surface area contributed by atoms with E-state index in [0.717, 1.165) is 25.7 Å². The first-order valence-corrected chi connectivity index (χ1v) is 6.86. The quantitative estimate of drug-likeness (QED) is 0.841. The van der Waals surface area contributed by atoms with Gasteiger partial charge in [0, 0.05) is 12.2 Å². The number of hydrogen-bond donors (Lipinski definition) is 1. The topological polar surface area (TPSA) is 81.2 Å². The number of esters is 1. The Labute approximate surface area is 118 Å². The summed E-state index contributed by atoms with van der Waals surface area (Å²) in [6.07, 6.45) is 6.27. The second-order valence-electron chi connectivity index (χ2n) is 5.08. The number of nitrogens with zero attached hydrogens (tertiary/aromatic N) is 2. The van der Waals surface area contributed by atoms with Crippen molar-refractivity contribution in [2.45, 2.75) is 51.7 Å². The molecule has 1 aliphatic rings. The van der Waals surface area contributed by atoms with Gasteiger partial charge in [-0.3, -0.25) is 9.78 Å². The second kappa shape index (κ2) is 6.45. The molecular weight excluding hydrogens is 258 g/mol. The van der Waals surface area contributed by atoms with Crippen molar-refractivity contribution < 1.29 is 14.3 Å². The predicted octanol–water partition coefficient (Wildman–Crippen LogP) is 1.39. The lowest BCUT2D eigenvalue weighted by Gasteiger charge is -2.16. The van der Waals surface area contributed by atoms with Gasteiger partial charge in [-0.1, -0.05) is 12.8 Å². The number of carbonyl (C=O) groups is 2. The van der Waals surface area contributed by atoms with Gasteiger partial charge in [0.1, 0.15) is 0 Å². The van der Waals surface area contributed by atoms with E-state index in [9.17, 15) is 9.59 Å². The summed E-state index contributed by atoms with van der Waals surface area (Å²) in [5.74, 6) is -0.892. The average Bonchev–Trinajstić information content (AvgIpc) is 2.92. The summed E-state index contributed by atoms with van der Waals surface area (Å²) >= 11 is 0. The number of carbonyl (C=O) groups excluding carboxylic acids is 2. The highest BCUT2D eigenvalue weighted by atomic mass is 16.5. The Morgan fingerprint density at radius 3 is 2.60 bits per heavy atom. The molecular formula is C14H19N3O3. The van der Waals surface area contributed by atoms with Crippen LogP contribution in [0, 0.1) is 6.92 Å². The molecule has 6 nitrogen and oxygen atoms in total. The van der Waals surface area contributed by atoms with E-state index in [1.807, 2.05) is 0 Å². The lowest BCUT2D eigenvalue weighted by Crippen LogP contribution is -2.40. The van der Waals surface area contributed by atoms with Crippen LogP contribution in [0.4, 0.5) is 0 Å². The standard InChI is InChI=1S/C14H19N3O3/c1-9-7-16-12(8-15-9)14(19)20-10(2)13(18)17-11-5-3-4-6-11/h7-8,10-11H,3-6H2,1-2H3,(H,17,18)/t10-/m1/s1. The Bertz CT molecular complexity index is 481. The molecule has 1 aromatic heterocycles. The summed E-state index contributed by atoms with van der Waals surface area (Å²) in [5, 5.41) is 2.89. The molecule has 2 rings (SSSR count). The van der Waals surface area contributed by atoms with Gasteiger partial charge < -0.3 is 10.1 Å². The summed E-state index contributed by atoms with van der Waals surface area (Å²) in [6.45, 7) is 3.34. The lowest BCUT2D eigenvalue weighted by atomic mass is 10.2. The minimum absolute atomic E-state index is 0.108. The Morgan fingerprint density at radius 2 is 2.00 bits per heavy atom. The number of amides is 1. The van der Waals surface area contributed by atoms with Crippen LogP contribution in [0.1, 0.15) is 48.8 Å². The molecule has 0 radical (unpaired) electrons. The molecule has 0 unspecified atom stereocenters. The van der Waals surface area contributed by atoms with Crippen LogP contribution in [-0.4, -0.2) is 34.0 Å². The minimum atomic E-state index is -0.828. The number of nitrogens with one attached hydrogen (secondary N) is 1. The van der Waals surface area contributed by atoms with Gasteiger partial charge in [0.05, 0.1) is 11.9 Å². The predicted molar refractivity (Wildman–Crippen MR) is 72.0 cm³/mol. The lowest BCUT2D eigenvalue weighted by molar-refractivity contribution is -0.129. The van der Waals surface area contributed by atoms with E-state index in [1.54, 1.807) is 13.8 Å². The molecule has 1 aliphatic carbocycles. The summed E-state index contributed by atoms with van der Waals surface area (Å²) in [7, 11) is 0. The monoisotopic (exact) mass is 277 g/mol. The highest BCUT2D eigenvalue weighted by Gasteiger charge is 2.23. The highest BCUT2D eigenvalue weighted by Crippen LogP contribution is 2.17. The van der Waals surface area contributed by atoms with Gasteiger partial charge in [-0.25, -0.2) is 9.78 Å². The van der Waals surface area contributed by atoms with E-state index in [2.05, 4.69) is 15.3 Å². The zero-order valence-corrected chi connectivity index (χ0v) is 11.8. The van der Waals surface area contributed by atoms with Crippen LogP contribution in [-0.2, 0) is 9.53 Å². The van der Waals surface area contributed by atoms with Gasteiger partial charge in [-0.15, -0.1) is 0 Å². The number of rotatable bonds is 4. The van der Waals surface area contributed by atoms with Crippen molar-refractivity contribution in [3.8, 4) is 0 Å². The molecule has 1 aromatic rings. The number of ether oxygens (including phenoxy) is 1. The molecule has 1 saturated carbocycles. The van der Waals surface area contributed by atoms with E-state index in [4.69, 9.17) is 4.74 Å². The highest BCUT2D eigenvalue weighted by molar-refractivity contribution is 5.90. The Hall–Kier alpha value is -1.98. The van der Waals surface area contributed by atoms with E-state index in [0.29, 0.717) is 5.69 Å². The molecule has 0 bridgehead atoms. The summed E-state index contributed by atoms with van der Waals surface area (Å²) < 4.78 is 5.09. The van der Waals surface area contributed by atoms with Crippen molar-refractivity contribution in [1.29, 1.82) is 0 Å². The SMILES string of the molecule is Cc1cnc(C(=O)O[C@H](C)C(=O)NC2CCCC2)cn1. The van der Waals surface area contributed by atoms with Gasteiger partial charge in [-0.05, 0) is 26.7 Å². The summed E-state index contributed by atoms with van der Waals surface area (Å²) in [5.41, 5.74) is 0.824. The van der Waals surface area contributed by atoms with Crippen LogP contribution >= 0.6 is 0 Å². The molecule has 20 heavy (non-hydrogen) atoms. The molecule has 1 fully saturated rings. The van der Waals surface area contributed by atoms with E-state index in [1.165, 1.54) is 12.4 Å². The molecule has 108 valence electrons. The van der Waals surface area contributed by atoms with Gasteiger partial charge in [0.15, 0.2) is 11.8 Å². The molecule has 0 spiro atoms. The van der Waals surface area contributed by atoms with Gasteiger partial charge in [-0.2, -0.15) is 0 Å². The molecule has 1 amide bonds. The fourth-order valence-corrected chi connectivity index (χ4v) is 2.16. The third-order valence-corrected chi connectivity index (χ3v) is 3.34. The maximum absolute atomic E-state index is 11.9. The normalized spacial score (nSPS) is 16.7. The number of aryl methyl sites for hydroxylation is 1. The molecule has 1 atom stereocenters. The molecule has 1 N–H and O–H groups in total. The summed E-state index contributed by atoms with van der Waals surface area (Å²) in [6, 6.07) is 0.211. The van der Waals surface area contributed by atoms with Gasteiger partial charge in [0.2, 0.25) is 0 Å². The first kappa shape index (κ1) is 14.4. The third-order valence-electron chi connectivity index (χ3n) is 3.34. The zero-order chi connectivity index (χ0) is 14.5. The van der Waals surface area contributed by atoms with Crippen LogP contribution in [0.2, 0.25) is 0 Å². The van der Waals surface area contributed by atoms with Crippen molar-refractivity contribution in [2.75, 3.05) is 0 Å². The van der Waals surface area contributed by atoms with E-state index < -0.39 is 12.1 Å². The number of hydrogen-bond acceptors (Lipinski definition) is 5. The Balaban J connectivity index is 1.86. The maximum Gasteiger partial charge on any atom is 0.359 e. The van der Waals surface area contributed by atoms with Crippen LogP contribution in [0.3, 0.4) is 0 Å². The van der Waals surface area contributed by atoms with Crippen molar-refractivity contribution in [1.82, 2.24) is 15.3 Å². The first-order valence-electron chi connectivity index (χ1n) is 6.86. The van der Waals surface area contributed by atoms with Crippen molar-refractivity contribution in [3.63, 3.8) is 0 Å². The van der Waals surface area contributed by atoms with Crippen LogP contribution in [0.15, 0.2) is 12.4 Å². The van der Waals surface area contributed by atoms with Crippen LogP contribution in [0.5, 0.6) is 0 Å². The van der Waals surface area contributed by atoms with Gasteiger partial charge >= 0.3 is 5.97 Å². The first-order chi connectivity index (χ1) is 9.56. The molecule has 1 heterocycles. The molecule has 0 saturated heterocycles. The van der Waals surface area contributed by atoms with Crippen LogP contribution in [0.25, 0.3) is 0 Å². The number of aromatic nitrogens is 2. The largest absolute Gasteiger partial charge is 0.448 e. The molecule has 6 heteroatoms. The minimum Gasteiger partial charge on any atom is -0.448 e. The summed E-state index contributed by atoms with van der Waals surface area (Å²) in [4.78, 5) is 31.6. The van der Waals surface area contributed by atoms with Gasteiger partial charge in [0.25, 0.3) is 5.91 Å². The third kappa shape index (κ3) is 3.76. The van der Waals surface area contributed by atoms with E-state index in [-0.39, 0.29) is 17.6 Å². The van der Waals surface area contributed by atoms with Crippen molar-refractivity contribution in [3.05, 3.63) is 23.8 Å². The molecule has 0 aromatic carbocycles. The van der Waals surface area contributed by atoms with Crippen molar-refractivity contribution in [2.24, 2.45) is 0 Å². The Morgan fingerprint density at radius 1 is 1.30 bits per heavy atom.